The highest BCUT2D eigenvalue weighted by Gasteiger charge is 2.42. The lowest BCUT2D eigenvalue weighted by Gasteiger charge is -2.37. The average Bonchev–Trinajstić information content (AvgIpc) is 3.60. The molecule has 0 amide bonds. The van der Waals surface area contributed by atoms with Crippen LogP contribution < -0.4 is 9.47 Å². The molecule has 7 nitrogen and oxygen atoms in total. The summed E-state index contributed by atoms with van der Waals surface area (Å²) in [6.45, 7) is 0.113. The lowest BCUT2D eigenvalue weighted by atomic mass is 9.80. The number of rotatable bonds is 10. The van der Waals surface area contributed by atoms with E-state index >= 15 is 0 Å². The Labute approximate surface area is 222 Å². The number of aliphatic hydroxyl groups excluding tert-OH is 1. The van der Waals surface area contributed by atoms with Crippen molar-refractivity contribution in [3.05, 3.63) is 120 Å². The molecule has 7 heteroatoms. The van der Waals surface area contributed by atoms with Crippen molar-refractivity contribution >= 4 is 6.29 Å². The number of methoxy groups -OCH3 is 2. The minimum absolute atomic E-state index is 0.113. The van der Waals surface area contributed by atoms with Gasteiger partial charge < -0.3 is 28.6 Å². The second-order valence-corrected chi connectivity index (χ2v) is 9.21. The highest BCUT2D eigenvalue weighted by molar-refractivity contribution is 5.72. The monoisotopic (exact) mass is 513 g/mol. The smallest absolute Gasteiger partial charge is 0.166 e. The Morgan fingerprint density at radius 1 is 0.868 bits per heavy atom. The third-order valence-electron chi connectivity index (χ3n) is 7.08. The van der Waals surface area contributed by atoms with Gasteiger partial charge in [0.2, 0.25) is 0 Å². The molecule has 3 aromatic carbocycles. The van der Waals surface area contributed by atoms with Crippen LogP contribution in [-0.4, -0.2) is 49.0 Å². The predicted molar refractivity (Wildman–Crippen MR) is 143 cm³/mol. The van der Waals surface area contributed by atoms with Crippen molar-refractivity contribution in [2.45, 2.75) is 30.5 Å². The molecule has 1 N–H and O–H groups in total. The highest BCUT2D eigenvalue weighted by atomic mass is 16.6. The minimum atomic E-state index is -1.01. The van der Waals surface area contributed by atoms with Crippen molar-refractivity contribution in [3.63, 3.8) is 0 Å². The van der Waals surface area contributed by atoms with Gasteiger partial charge in [-0.2, -0.15) is 0 Å². The van der Waals surface area contributed by atoms with Gasteiger partial charge in [0.15, 0.2) is 6.29 Å². The zero-order valence-corrected chi connectivity index (χ0v) is 21.4. The third kappa shape index (κ3) is 4.84. The van der Waals surface area contributed by atoms with Gasteiger partial charge >= 0.3 is 0 Å². The Hall–Kier alpha value is -3.91. The van der Waals surface area contributed by atoms with Gasteiger partial charge in [-0.25, -0.2) is 0 Å². The molecule has 0 spiro atoms. The van der Waals surface area contributed by atoms with Crippen LogP contribution in [0.4, 0.5) is 0 Å². The molecule has 3 atom stereocenters. The quantitative estimate of drug-likeness (QED) is 0.238. The van der Waals surface area contributed by atoms with Crippen LogP contribution in [0.2, 0.25) is 0 Å². The second kappa shape index (κ2) is 11.2. The lowest BCUT2D eigenvalue weighted by Crippen LogP contribution is -2.38. The molecule has 1 fully saturated rings. The Kier molecular flexibility index (Phi) is 7.60. The van der Waals surface area contributed by atoms with Crippen molar-refractivity contribution in [2.24, 2.45) is 0 Å². The fourth-order valence-electron chi connectivity index (χ4n) is 5.09. The van der Waals surface area contributed by atoms with Crippen LogP contribution in [0.1, 0.15) is 39.8 Å². The summed E-state index contributed by atoms with van der Waals surface area (Å²) in [5.74, 6) is 1.47. The molecule has 1 saturated heterocycles. The van der Waals surface area contributed by atoms with Gasteiger partial charge in [0, 0.05) is 12.6 Å². The van der Waals surface area contributed by atoms with E-state index in [1.165, 1.54) is 0 Å². The maximum atomic E-state index is 11.4. The number of ether oxygens (including phenoxy) is 4. The summed E-state index contributed by atoms with van der Waals surface area (Å²) in [5.41, 5.74) is 2.20. The number of nitrogens with zero attached hydrogens (tertiary/aromatic N) is 1. The molecular weight excluding hydrogens is 482 g/mol. The molecule has 0 bridgehead atoms. The number of carbonyl (C=O) groups excluding carboxylic acids is 1. The first-order valence-electron chi connectivity index (χ1n) is 12.5. The Bertz CT molecular complexity index is 1290. The Balaban J connectivity index is 1.54. The number of hydrogen-bond donors (Lipinski definition) is 1. The largest absolute Gasteiger partial charge is 0.497 e. The van der Waals surface area contributed by atoms with Crippen LogP contribution in [0.25, 0.3) is 0 Å². The fraction of sp³-hybridized carbons (Fsp3) is 0.258. The maximum Gasteiger partial charge on any atom is 0.166 e. The summed E-state index contributed by atoms with van der Waals surface area (Å²) in [6.07, 6.45) is 1.11. The summed E-state index contributed by atoms with van der Waals surface area (Å²) in [5, 5.41) is 10.9. The molecule has 5 rings (SSSR count). The summed E-state index contributed by atoms with van der Waals surface area (Å²) in [4.78, 5) is 11.4. The first-order valence-corrected chi connectivity index (χ1v) is 12.5. The maximum absolute atomic E-state index is 11.4. The summed E-state index contributed by atoms with van der Waals surface area (Å²) in [6, 6.07) is 29.1. The first-order chi connectivity index (χ1) is 18.6. The molecule has 2 heterocycles. The minimum Gasteiger partial charge on any atom is -0.497 e. The molecule has 0 saturated carbocycles. The third-order valence-corrected chi connectivity index (χ3v) is 7.08. The van der Waals surface area contributed by atoms with E-state index in [0.29, 0.717) is 12.1 Å². The fourth-order valence-corrected chi connectivity index (χ4v) is 5.09. The van der Waals surface area contributed by atoms with Crippen LogP contribution in [0.15, 0.2) is 97.2 Å². The van der Waals surface area contributed by atoms with E-state index in [-0.39, 0.29) is 6.61 Å². The first kappa shape index (κ1) is 25.7. The van der Waals surface area contributed by atoms with Crippen LogP contribution in [-0.2, 0) is 15.1 Å². The molecule has 196 valence electrons. The van der Waals surface area contributed by atoms with Gasteiger partial charge in [0.05, 0.1) is 32.6 Å². The van der Waals surface area contributed by atoms with E-state index in [4.69, 9.17) is 18.9 Å². The molecule has 0 aliphatic carbocycles. The molecule has 0 unspecified atom stereocenters. The SMILES string of the molecule is COc1ccc(C(OC[C@H]2O[C@@H](n3cccc3C=O)C[C@@H]2O)(c2ccccc2)c2ccc(OC)cc2)cc1. The molecule has 1 aliphatic rings. The van der Waals surface area contributed by atoms with Gasteiger partial charge in [0.1, 0.15) is 29.4 Å². The van der Waals surface area contributed by atoms with Crippen LogP contribution in [0.5, 0.6) is 11.5 Å². The van der Waals surface area contributed by atoms with E-state index in [1.54, 1.807) is 37.1 Å². The normalized spacial score (nSPS) is 19.3. The second-order valence-electron chi connectivity index (χ2n) is 9.21. The lowest BCUT2D eigenvalue weighted by molar-refractivity contribution is -0.0937. The highest BCUT2D eigenvalue weighted by Crippen LogP contribution is 2.42. The van der Waals surface area contributed by atoms with Crippen LogP contribution in [0.3, 0.4) is 0 Å². The predicted octanol–water partition coefficient (Wildman–Crippen LogP) is 4.97. The van der Waals surface area contributed by atoms with Gasteiger partial charge in [-0.05, 0) is 53.1 Å². The van der Waals surface area contributed by atoms with Crippen molar-refractivity contribution in [2.75, 3.05) is 20.8 Å². The van der Waals surface area contributed by atoms with Gasteiger partial charge in [-0.1, -0.05) is 54.6 Å². The van der Waals surface area contributed by atoms with Crippen molar-refractivity contribution in [1.29, 1.82) is 0 Å². The van der Waals surface area contributed by atoms with E-state index < -0.39 is 24.0 Å². The molecule has 38 heavy (non-hydrogen) atoms. The molecular formula is C31H31NO6. The van der Waals surface area contributed by atoms with E-state index in [9.17, 15) is 9.90 Å². The van der Waals surface area contributed by atoms with Gasteiger partial charge in [-0.3, -0.25) is 4.79 Å². The van der Waals surface area contributed by atoms with Gasteiger partial charge in [-0.15, -0.1) is 0 Å². The Morgan fingerprint density at radius 3 is 2.00 bits per heavy atom. The van der Waals surface area contributed by atoms with Crippen LogP contribution in [0, 0.1) is 0 Å². The number of aromatic nitrogens is 1. The van der Waals surface area contributed by atoms with E-state index in [1.807, 2.05) is 78.9 Å². The Morgan fingerprint density at radius 2 is 1.45 bits per heavy atom. The van der Waals surface area contributed by atoms with Crippen molar-refractivity contribution in [3.8, 4) is 11.5 Å². The topological polar surface area (TPSA) is 79.2 Å². The van der Waals surface area contributed by atoms with Crippen LogP contribution >= 0.6 is 0 Å². The average molecular weight is 514 g/mol. The summed E-state index contributed by atoms with van der Waals surface area (Å²) < 4.78 is 25.7. The summed E-state index contributed by atoms with van der Waals surface area (Å²) in [7, 11) is 3.27. The summed E-state index contributed by atoms with van der Waals surface area (Å²) >= 11 is 0. The van der Waals surface area contributed by atoms with E-state index in [0.717, 1.165) is 34.5 Å². The molecule has 4 aromatic rings. The van der Waals surface area contributed by atoms with Gasteiger partial charge in [0.25, 0.3) is 0 Å². The number of carbonyl (C=O) groups is 1. The van der Waals surface area contributed by atoms with Crippen molar-refractivity contribution < 1.29 is 28.8 Å². The zero-order valence-electron chi connectivity index (χ0n) is 21.4. The number of benzene rings is 3. The number of hydrogen-bond acceptors (Lipinski definition) is 6. The molecule has 1 aromatic heterocycles. The number of aliphatic hydroxyl groups is 1. The number of aldehydes is 1. The van der Waals surface area contributed by atoms with Crippen molar-refractivity contribution in [1.82, 2.24) is 4.57 Å². The molecule has 1 aliphatic heterocycles. The van der Waals surface area contributed by atoms with E-state index in [2.05, 4.69) is 0 Å². The standard InChI is InChI=1S/C31H31NO6/c1-35-26-14-10-23(11-15-26)31(22-7-4-3-5-8-22,24-12-16-27(36-2)17-13-24)37-21-29-28(34)19-30(38-29)32-18-6-9-25(32)20-33/h3-18,20,28-30,34H,19,21H2,1-2H3/t28-,29+,30+/m0/s1. The zero-order chi connectivity index (χ0) is 26.5. The molecule has 0 radical (unpaired) electrons.